The molecule has 5 nitrogen and oxygen atoms in total. The Hall–Kier alpha value is -2.64. The fourth-order valence-corrected chi connectivity index (χ4v) is 4.56. The molecule has 4 aromatic rings. The van der Waals surface area contributed by atoms with Crippen molar-refractivity contribution in [2.75, 3.05) is 6.26 Å². The first-order chi connectivity index (χ1) is 15.6. The summed E-state index contributed by atoms with van der Waals surface area (Å²) >= 11 is 18.3. The summed E-state index contributed by atoms with van der Waals surface area (Å²) in [6, 6.07) is 20.0. The topological polar surface area (TPSA) is 69.0 Å². The minimum Gasteiger partial charge on any atom is -0.268 e. The van der Waals surface area contributed by atoms with E-state index in [-0.39, 0.29) is 17.0 Å². The van der Waals surface area contributed by atoms with Crippen LogP contribution in [0.15, 0.2) is 82.5 Å². The van der Waals surface area contributed by atoms with Crippen LogP contribution in [0.3, 0.4) is 0 Å². The fraction of sp³-hybridized carbons (Fsp3) is 0.0833. The van der Waals surface area contributed by atoms with Crippen molar-refractivity contribution >= 4 is 44.6 Å². The van der Waals surface area contributed by atoms with Crippen LogP contribution >= 0.6 is 34.8 Å². The number of halogens is 3. The third-order valence-electron chi connectivity index (χ3n) is 5.04. The first-order valence-corrected chi connectivity index (χ1v) is 12.8. The molecule has 0 spiro atoms. The van der Waals surface area contributed by atoms with Gasteiger partial charge in [-0.3, -0.25) is 4.79 Å². The maximum atomic E-state index is 13.0. The van der Waals surface area contributed by atoms with Crippen LogP contribution in [0, 0.1) is 0 Å². The number of hydrogen-bond donors (Lipinski definition) is 0. The van der Waals surface area contributed by atoms with E-state index < -0.39 is 9.84 Å². The molecule has 0 saturated carbocycles. The molecule has 168 valence electrons. The van der Waals surface area contributed by atoms with Crippen LogP contribution in [0.5, 0.6) is 0 Å². The average molecular weight is 520 g/mol. The summed E-state index contributed by atoms with van der Waals surface area (Å²) in [5.74, 6) is 0. The summed E-state index contributed by atoms with van der Waals surface area (Å²) in [5.41, 5.74) is 2.89. The van der Waals surface area contributed by atoms with E-state index in [1.165, 1.54) is 22.9 Å². The lowest BCUT2D eigenvalue weighted by Crippen LogP contribution is -2.24. The smallest absolute Gasteiger partial charge is 0.267 e. The van der Waals surface area contributed by atoms with E-state index >= 15 is 0 Å². The molecule has 0 unspecified atom stereocenters. The SMILES string of the molecule is CS(=O)(=O)c1ccc(-c2nn(Cc3ccc(Cl)cc3Cl)c(=O)cc2-c2ccc(Cl)cc2)cc1. The Morgan fingerprint density at radius 3 is 2.03 bits per heavy atom. The average Bonchev–Trinajstić information content (AvgIpc) is 2.77. The number of benzene rings is 3. The normalized spacial score (nSPS) is 11.5. The van der Waals surface area contributed by atoms with Gasteiger partial charge in [-0.05, 0) is 47.5 Å². The molecule has 0 bridgehead atoms. The van der Waals surface area contributed by atoms with Crippen LogP contribution in [0.4, 0.5) is 0 Å². The van der Waals surface area contributed by atoms with Crippen LogP contribution in [0.1, 0.15) is 5.56 Å². The van der Waals surface area contributed by atoms with Crippen molar-refractivity contribution in [2.45, 2.75) is 11.4 Å². The van der Waals surface area contributed by atoms with Crippen molar-refractivity contribution in [1.82, 2.24) is 9.78 Å². The molecule has 0 aliphatic rings. The molecular formula is C24H17Cl3N2O3S. The van der Waals surface area contributed by atoms with Gasteiger partial charge in [0.05, 0.1) is 17.1 Å². The minimum atomic E-state index is -3.35. The van der Waals surface area contributed by atoms with Crippen LogP contribution in [-0.2, 0) is 16.4 Å². The molecule has 0 saturated heterocycles. The predicted octanol–water partition coefficient (Wildman–Crippen LogP) is 5.99. The molecule has 0 atom stereocenters. The van der Waals surface area contributed by atoms with Gasteiger partial charge < -0.3 is 0 Å². The minimum absolute atomic E-state index is 0.143. The first kappa shape index (κ1) is 23.5. The molecule has 33 heavy (non-hydrogen) atoms. The zero-order valence-electron chi connectivity index (χ0n) is 17.3. The summed E-state index contributed by atoms with van der Waals surface area (Å²) in [6.45, 7) is 0.143. The van der Waals surface area contributed by atoms with E-state index in [4.69, 9.17) is 34.8 Å². The van der Waals surface area contributed by atoms with Gasteiger partial charge in [0.1, 0.15) is 0 Å². The lowest BCUT2D eigenvalue weighted by Gasteiger charge is -2.14. The second kappa shape index (κ2) is 9.31. The second-order valence-corrected chi connectivity index (χ2v) is 10.7. The van der Waals surface area contributed by atoms with Crippen molar-refractivity contribution in [3.8, 4) is 22.4 Å². The van der Waals surface area contributed by atoms with E-state index in [1.54, 1.807) is 54.6 Å². The highest BCUT2D eigenvalue weighted by atomic mass is 35.5. The maximum absolute atomic E-state index is 13.0. The van der Waals surface area contributed by atoms with Crippen molar-refractivity contribution < 1.29 is 8.42 Å². The summed E-state index contributed by atoms with van der Waals surface area (Å²) in [5, 5.41) is 6.11. The molecule has 4 rings (SSSR count). The zero-order chi connectivity index (χ0) is 23.8. The van der Waals surface area contributed by atoms with Crippen molar-refractivity contribution in [3.63, 3.8) is 0 Å². The lowest BCUT2D eigenvalue weighted by molar-refractivity contribution is 0.602. The van der Waals surface area contributed by atoms with E-state index in [1.807, 2.05) is 0 Å². The van der Waals surface area contributed by atoms with E-state index in [9.17, 15) is 13.2 Å². The Balaban J connectivity index is 1.88. The molecule has 0 N–H and O–H groups in total. The summed E-state index contributed by atoms with van der Waals surface area (Å²) in [7, 11) is -3.35. The molecule has 0 aliphatic carbocycles. The summed E-state index contributed by atoms with van der Waals surface area (Å²) in [6.07, 6.45) is 1.15. The van der Waals surface area contributed by atoms with Crippen LogP contribution < -0.4 is 5.56 Å². The number of nitrogens with zero attached hydrogens (tertiary/aromatic N) is 2. The van der Waals surface area contributed by atoms with Gasteiger partial charge in [-0.2, -0.15) is 5.10 Å². The molecule has 0 amide bonds. The third-order valence-corrected chi connectivity index (χ3v) is 7.01. The quantitative estimate of drug-likeness (QED) is 0.325. The number of aromatic nitrogens is 2. The molecule has 1 aromatic heterocycles. The molecular weight excluding hydrogens is 503 g/mol. The Bertz CT molecular complexity index is 1500. The second-order valence-electron chi connectivity index (χ2n) is 7.44. The van der Waals surface area contributed by atoms with Gasteiger partial charge in [-0.25, -0.2) is 13.1 Å². The van der Waals surface area contributed by atoms with E-state index in [2.05, 4.69) is 5.10 Å². The van der Waals surface area contributed by atoms with Gasteiger partial charge in [-0.15, -0.1) is 0 Å². The van der Waals surface area contributed by atoms with Gasteiger partial charge >= 0.3 is 0 Å². The largest absolute Gasteiger partial charge is 0.268 e. The Labute approximate surface area is 206 Å². The first-order valence-electron chi connectivity index (χ1n) is 9.74. The molecule has 9 heteroatoms. The van der Waals surface area contributed by atoms with Crippen molar-refractivity contribution in [2.24, 2.45) is 0 Å². The maximum Gasteiger partial charge on any atom is 0.267 e. The van der Waals surface area contributed by atoms with Gasteiger partial charge in [-0.1, -0.05) is 65.1 Å². The Morgan fingerprint density at radius 1 is 0.818 bits per heavy atom. The monoisotopic (exact) mass is 518 g/mol. The van der Waals surface area contributed by atoms with Crippen LogP contribution in [-0.4, -0.2) is 24.5 Å². The third kappa shape index (κ3) is 5.31. The Kier molecular flexibility index (Phi) is 6.64. The molecule has 0 radical (unpaired) electrons. The van der Waals surface area contributed by atoms with E-state index in [0.29, 0.717) is 37.5 Å². The molecule has 0 fully saturated rings. The fourth-order valence-electron chi connectivity index (χ4n) is 3.34. The van der Waals surface area contributed by atoms with Crippen LogP contribution in [0.25, 0.3) is 22.4 Å². The highest BCUT2D eigenvalue weighted by Gasteiger charge is 2.16. The van der Waals surface area contributed by atoms with Gasteiger partial charge in [0.25, 0.3) is 5.56 Å². The van der Waals surface area contributed by atoms with Crippen molar-refractivity contribution in [1.29, 1.82) is 0 Å². The van der Waals surface area contributed by atoms with Gasteiger partial charge in [0.15, 0.2) is 9.84 Å². The van der Waals surface area contributed by atoms with Gasteiger partial charge in [0.2, 0.25) is 0 Å². The Morgan fingerprint density at radius 2 is 1.42 bits per heavy atom. The van der Waals surface area contributed by atoms with Gasteiger partial charge in [0, 0.05) is 38.5 Å². The molecule has 1 heterocycles. The highest BCUT2D eigenvalue weighted by molar-refractivity contribution is 7.90. The molecule has 3 aromatic carbocycles. The number of sulfone groups is 1. The number of hydrogen-bond acceptors (Lipinski definition) is 4. The standard InChI is InChI=1S/C24H17Cl3N2O3S/c1-33(31,32)20-10-5-16(6-11-20)24-21(15-2-7-18(25)8-3-15)13-23(30)29(28-24)14-17-4-9-19(26)12-22(17)27/h2-13H,14H2,1H3. The predicted molar refractivity (Wildman–Crippen MR) is 133 cm³/mol. The summed E-state index contributed by atoms with van der Waals surface area (Å²) in [4.78, 5) is 13.2. The summed E-state index contributed by atoms with van der Waals surface area (Å²) < 4.78 is 25.0. The lowest BCUT2D eigenvalue weighted by atomic mass is 10.00. The molecule has 0 aliphatic heterocycles. The number of rotatable bonds is 5. The van der Waals surface area contributed by atoms with Crippen molar-refractivity contribution in [3.05, 3.63) is 104 Å². The highest BCUT2D eigenvalue weighted by Crippen LogP contribution is 2.31. The zero-order valence-corrected chi connectivity index (χ0v) is 20.4. The van der Waals surface area contributed by atoms with E-state index in [0.717, 1.165) is 11.8 Å². The van der Waals surface area contributed by atoms with Crippen LogP contribution in [0.2, 0.25) is 15.1 Å².